The standard InChI is InChI=1S/C20H28O5/c1-11-8-20-9-12(11)4-5-13(20)19(10-21)7-3-6-18(2,17(24)25)15(19)14(20)16(22)23/h12-15,21H,1,3-10H2,2H3,(H,22,23)(H,24,25)/p-2/t12-,13+,14-,15-,18-,19-,20+/m1/s1. The van der Waals surface area contributed by atoms with Gasteiger partial charge in [0, 0.05) is 35.3 Å². The van der Waals surface area contributed by atoms with E-state index in [1.807, 2.05) is 0 Å². The van der Waals surface area contributed by atoms with Crippen LogP contribution in [0.3, 0.4) is 0 Å². The summed E-state index contributed by atoms with van der Waals surface area (Å²) in [6, 6.07) is 0. The zero-order chi connectivity index (χ0) is 18.2. The summed E-state index contributed by atoms with van der Waals surface area (Å²) in [5.41, 5.74) is -1.31. The fourth-order valence-electron chi connectivity index (χ4n) is 7.82. The fraction of sp³-hybridized carbons (Fsp3) is 0.800. The van der Waals surface area contributed by atoms with E-state index in [4.69, 9.17) is 0 Å². The molecule has 7 atom stereocenters. The van der Waals surface area contributed by atoms with Crippen LogP contribution in [-0.4, -0.2) is 23.7 Å². The summed E-state index contributed by atoms with van der Waals surface area (Å²) in [5.74, 6) is -3.49. The third-order valence-electron chi connectivity index (χ3n) is 8.56. The number of carbonyl (C=O) groups is 2. The summed E-state index contributed by atoms with van der Waals surface area (Å²) < 4.78 is 0. The predicted octanol–water partition coefficient (Wildman–Crippen LogP) is 0.264. The SMILES string of the molecule is C=C1C[C@]23C[C@H]1CC[C@H]2[C@]1(CO)CCC[C@@](C)(C(=O)[O-])[C@H]1[C@@H]3C(=O)[O-]. The molecule has 1 N–H and O–H groups in total. The number of allylic oxidation sites excluding steroid dienone is 1. The van der Waals surface area contributed by atoms with Crippen LogP contribution in [0.1, 0.15) is 51.9 Å². The van der Waals surface area contributed by atoms with Gasteiger partial charge in [0.1, 0.15) is 0 Å². The average Bonchev–Trinajstić information content (AvgIpc) is 2.96. The van der Waals surface area contributed by atoms with Crippen LogP contribution in [0, 0.1) is 39.9 Å². The summed E-state index contributed by atoms with van der Waals surface area (Å²) in [6.45, 7) is 5.65. The molecule has 5 nitrogen and oxygen atoms in total. The maximum atomic E-state index is 12.3. The minimum Gasteiger partial charge on any atom is -0.550 e. The van der Waals surface area contributed by atoms with Crippen LogP contribution in [0.25, 0.3) is 0 Å². The molecule has 0 radical (unpaired) electrons. The Hall–Kier alpha value is -1.36. The van der Waals surface area contributed by atoms with E-state index in [1.54, 1.807) is 6.92 Å². The summed E-state index contributed by atoms with van der Waals surface area (Å²) in [7, 11) is 0. The normalized spacial score (nSPS) is 51.0. The minimum atomic E-state index is -1.24. The van der Waals surface area contributed by atoms with Crippen LogP contribution in [0.5, 0.6) is 0 Å². The highest BCUT2D eigenvalue weighted by Gasteiger charge is 2.73. The number of carbonyl (C=O) groups excluding carboxylic acids is 2. The van der Waals surface area contributed by atoms with Gasteiger partial charge in [-0.25, -0.2) is 0 Å². The fourth-order valence-corrected chi connectivity index (χ4v) is 7.82. The van der Waals surface area contributed by atoms with Crippen LogP contribution in [0.2, 0.25) is 0 Å². The Bertz CT molecular complexity index is 656. The van der Waals surface area contributed by atoms with Crippen LogP contribution in [0.4, 0.5) is 0 Å². The van der Waals surface area contributed by atoms with Gasteiger partial charge in [-0.15, -0.1) is 0 Å². The zero-order valence-corrected chi connectivity index (χ0v) is 14.8. The minimum absolute atomic E-state index is 0.0207. The number of aliphatic carboxylic acids is 2. The summed E-state index contributed by atoms with van der Waals surface area (Å²) in [5, 5.41) is 34.9. The molecular weight excluding hydrogens is 320 g/mol. The predicted molar refractivity (Wildman–Crippen MR) is 85.5 cm³/mol. The van der Waals surface area contributed by atoms with Gasteiger partial charge in [0.25, 0.3) is 0 Å². The molecule has 2 bridgehead atoms. The van der Waals surface area contributed by atoms with Gasteiger partial charge in [0.2, 0.25) is 0 Å². The summed E-state index contributed by atoms with van der Waals surface area (Å²) in [4.78, 5) is 24.4. The molecule has 4 aliphatic carbocycles. The van der Waals surface area contributed by atoms with E-state index in [0.29, 0.717) is 31.6 Å². The van der Waals surface area contributed by atoms with Crippen LogP contribution in [-0.2, 0) is 9.59 Å². The average molecular weight is 346 g/mol. The Morgan fingerprint density at radius 1 is 1.28 bits per heavy atom. The Balaban J connectivity index is 1.95. The van der Waals surface area contributed by atoms with Gasteiger partial charge in [-0.2, -0.15) is 0 Å². The van der Waals surface area contributed by atoms with Gasteiger partial charge in [0.05, 0.1) is 0 Å². The molecule has 0 aromatic rings. The zero-order valence-electron chi connectivity index (χ0n) is 14.8. The Morgan fingerprint density at radius 3 is 2.60 bits per heavy atom. The highest BCUT2D eigenvalue weighted by Crippen LogP contribution is 2.77. The van der Waals surface area contributed by atoms with Crippen molar-refractivity contribution in [3.05, 3.63) is 12.2 Å². The van der Waals surface area contributed by atoms with E-state index >= 15 is 0 Å². The Kier molecular flexibility index (Phi) is 3.48. The first-order valence-electron chi connectivity index (χ1n) is 9.44. The Labute approximate surface area is 148 Å². The highest BCUT2D eigenvalue weighted by molar-refractivity contribution is 5.77. The van der Waals surface area contributed by atoms with Crippen molar-refractivity contribution in [3.63, 3.8) is 0 Å². The quantitative estimate of drug-likeness (QED) is 0.739. The first-order valence-corrected chi connectivity index (χ1v) is 9.44. The lowest BCUT2D eigenvalue weighted by Crippen LogP contribution is -2.57. The number of carboxylic acids is 2. The van der Waals surface area contributed by atoms with Crippen molar-refractivity contribution in [1.29, 1.82) is 0 Å². The third kappa shape index (κ3) is 1.83. The molecule has 4 rings (SSSR count). The second-order valence-electron chi connectivity index (χ2n) is 9.32. The molecule has 0 aromatic heterocycles. The third-order valence-corrected chi connectivity index (χ3v) is 8.56. The number of hydrogen-bond donors (Lipinski definition) is 1. The van der Waals surface area contributed by atoms with Crippen molar-refractivity contribution < 1.29 is 24.9 Å². The van der Waals surface area contributed by atoms with E-state index < -0.39 is 40.0 Å². The van der Waals surface area contributed by atoms with E-state index in [1.165, 1.54) is 0 Å². The monoisotopic (exact) mass is 346 g/mol. The first-order chi connectivity index (χ1) is 11.7. The van der Waals surface area contributed by atoms with Gasteiger partial charge < -0.3 is 24.9 Å². The molecule has 0 saturated heterocycles. The number of aliphatic hydroxyl groups is 1. The van der Waals surface area contributed by atoms with Crippen molar-refractivity contribution in [2.24, 2.45) is 39.9 Å². The molecule has 5 heteroatoms. The number of carboxylic acid groups (broad SMARTS) is 2. The van der Waals surface area contributed by atoms with Crippen molar-refractivity contribution in [3.8, 4) is 0 Å². The maximum absolute atomic E-state index is 12.3. The molecule has 0 heterocycles. The molecular formula is C20H26O5-2. The van der Waals surface area contributed by atoms with Gasteiger partial charge in [-0.1, -0.05) is 25.5 Å². The lowest BCUT2D eigenvalue weighted by atomic mass is 9.52. The smallest absolute Gasteiger partial charge is 0.0493 e. The number of rotatable bonds is 3. The molecule has 4 saturated carbocycles. The molecule has 0 aliphatic heterocycles. The molecule has 0 amide bonds. The Morgan fingerprint density at radius 2 is 2.00 bits per heavy atom. The van der Waals surface area contributed by atoms with Gasteiger partial charge in [-0.05, 0) is 61.7 Å². The lowest BCUT2D eigenvalue weighted by Gasteiger charge is -2.54. The van der Waals surface area contributed by atoms with E-state index in [2.05, 4.69) is 6.58 Å². The topological polar surface area (TPSA) is 100 Å². The lowest BCUT2D eigenvalue weighted by molar-refractivity contribution is -0.331. The second-order valence-corrected chi connectivity index (χ2v) is 9.32. The molecule has 138 valence electrons. The van der Waals surface area contributed by atoms with E-state index in [9.17, 15) is 24.9 Å². The van der Waals surface area contributed by atoms with Crippen LogP contribution in [0.15, 0.2) is 12.2 Å². The first kappa shape index (κ1) is 17.1. The maximum Gasteiger partial charge on any atom is 0.0493 e. The van der Waals surface area contributed by atoms with Crippen molar-refractivity contribution in [1.82, 2.24) is 0 Å². The van der Waals surface area contributed by atoms with E-state index in [0.717, 1.165) is 24.8 Å². The van der Waals surface area contributed by atoms with Gasteiger partial charge in [-0.3, -0.25) is 0 Å². The second kappa shape index (κ2) is 5.09. The van der Waals surface area contributed by atoms with Crippen molar-refractivity contribution in [2.75, 3.05) is 6.61 Å². The van der Waals surface area contributed by atoms with Crippen LogP contribution >= 0.6 is 0 Å². The number of aliphatic hydroxyl groups excluding tert-OH is 1. The van der Waals surface area contributed by atoms with Gasteiger partial charge >= 0.3 is 0 Å². The molecule has 25 heavy (non-hydrogen) atoms. The highest BCUT2D eigenvalue weighted by atomic mass is 16.4. The molecule has 1 spiro atoms. The van der Waals surface area contributed by atoms with Crippen molar-refractivity contribution in [2.45, 2.75) is 51.9 Å². The molecule has 0 unspecified atom stereocenters. The number of hydrogen-bond acceptors (Lipinski definition) is 5. The van der Waals surface area contributed by atoms with Gasteiger partial charge in [0.15, 0.2) is 0 Å². The molecule has 0 aromatic carbocycles. The molecule has 4 fully saturated rings. The largest absolute Gasteiger partial charge is 0.550 e. The molecule has 4 aliphatic rings. The van der Waals surface area contributed by atoms with E-state index in [-0.39, 0.29) is 12.5 Å². The summed E-state index contributed by atoms with van der Waals surface area (Å²) in [6.07, 6.45) is 4.94. The van der Waals surface area contributed by atoms with Crippen LogP contribution < -0.4 is 10.2 Å². The summed E-state index contributed by atoms with van der Waals surface area (Å²) >= 11 is 0. The van der Waals surface area contributed by atoms with Crippen molar-refractivity contribution >= 4 is 11.9 Å². The number of fused-ring (bicyclic) bond motifs is 3.